The summed E-state index contributed by atoms with van der Waals surface area (Å²) in [6.07, 6.45) is 0. The van der Waals surface area contributed by atoms with Crippen LogP contribution in [-0.4, -0.2) is 43.2 Å². The Hall–Kier alpha value is -1.59. The van der Waals surface area contributed by atoms with Gasteiger partial charge in [0.05, 0.1) is 18.3 Å². The molecule has 0 saturated carbocycles. The number of ether oxygens (including phenoxy) is 1. The molecule has 2 aromatic rings. The van der Waals surface area contributed by atoms with E-state index in [9.17, 15) is 0 Å². The van der Waals surface area contributed by atoms with Crippen molar-refractivity contribution in [1.82, 2.24) is 9.88 Å². The largest absolute Gasteiger partial charge is 0.497 e. The van der Waals surface area contributed by atoms with E-state index in [-0.39, 0.29) is 0 Å². The van der Waals surface area contributed by atoms with Gasteiger partial charge in [0.25, 0.3) is 0 Å². The Morgan fingerprint density at radius 1 is 1.25 bits per heavy atom. The summed E-state index contributed by atoms with van der Waals surface area (Å²) in [5.41, 5.74) is 4.34. The van der Waals surface area contributed by atoms with Crippen LogP contribution in [0.4, 0.5) is 5.69 Å². The van der Waals surface area contributed by atoms with Gasteiger partial charge in [-0.25, -0.2) is 4.98 Å². The van der Waals surface area contributed by atoms with E-state index in [1.165, 1.54) is 11.4 Å². The van der Waals surface area contributed by atoms with E-state index >= 15 is 0 Å². The quantitative estimate of drug-likeness (QED) is 0.864. The van der Waals surface area contributed by atoms with Crippen LogP contribution in [0.3, 0.4) is 0 Å². The van der Waals surface area contributed by atoms with Crippen LogP contribution in [0, 0.1) is 0 Å². The highest BCUT2D eigenvalue weighted by Gasteiger charge is 2.18. The topological polar surface area (TPSA) is 28.6 Å². The third-order valence-electron chi connectivity index (χ3n) is 3.66. The predicted molar refractivity (Wildman–Crippen MR) is 82.6 cm³/mol. The summed E-state index contributed by atoms with van der Waals surface area (Å²) in [5, 5.41) is 2.13. The highest BCUT2D eigenvalue weighted by molar-refractivity contribution is 7.07. The molecular formula is C15H19N3OS. The van der Waals surface area contributed by atoms with Gasteiger partial charge in [-0.15, -0.1) is 11.3 Å². The van der Waals surface area contributed by atoms with Gasteiger partial charge in [-0.1, -0.05) is 6.07 Å². The van der Waals surface area contributed by atoms with Crippen LogP contribution in [0.2, 0.25) is 0 Å². The number of piperazine rings is 1. The maximum absolute atomic E-state index is 5.29. The number of hydrogen-bond donors (Lipinski definition) is 0. The summed E-state index contributed by atoms with van der Waals surface area (Å²) >= 11 is 1.67. The minimum absolute atomic E-state index is 0.924. The zero-order chi connectivity index (χ0) is 13.8. The number of hydrogen-bond acceptors (Lipinski definition) is 5. The van der Waals surface area contributed by atoms with Crippen LogP contribution in [0.25, 0.3) is 0 Å². The van der Waals surface area contributed by atoms with E-state index in [0.717, 1.165) is 38.5 Å². The minimum Gasteiger partial charge on any atom is -0.497 e. The van der Waals surface area contributed by atoms with Crippen molar-refractivity contribution < 1.29 is 4.74 Å². The monoisotopic (exact) mass is 289 g/mol. The first-order chi connectivity index (χ1) is 9.85. The lowest BCUT2D eigenvalue weighted by Gasteiger charge is -2.35. The van der Waals surface area contributed by atoms with Crippen LogP contribution < -0.4 is 9.64 Å². The van der Waals surface area contributed by atoms with Crippen molar-refractivity contribution in [2.45, 2.75) is 6.54 Å². The highest BCUT2D eigenvalue weighted by Crippen LogP contribution is 2.22. The number of rotatable bonds is 4. The Balaban J connectivity index is 1.57. The fourth-order valence-electron chi connectivity index (χ4n) is 2.52. The zero-order valence-corrected chi connectivity index (χ0v) is 12.5. The molecule has 2 heterocycles. The zero-order valence-electron chi connectivity index (χ0n) is 11.7. The maximum atomic E-state index is 5.29. The third kappa shape index (κ3) is 3.11. The first kappa shape index (κ1) is 13.4. The van der Waals surface area contributed by atoms with Gasteiger partial charge in [0.15, 0.2) is 0 Å². The SMILES string of the molecule is COc1cccc(N2CCN(Cc3cscn3)CC2)c1. The molecule has 1 fully saturated rings. The first-order valence-electron chi connectivity index (χ1n) is 6.83. The van der Waals surface area contributed by atoms with E-state index in [1.807, 2.05) is 11.6 Å². The van der Waals surface area contributed by atoms with Gasteiger partial charge in [0.1, 0.15) is 5.75 Å². The molecule has 0 aliphatic carbocycles. The smallest absolute Gasteiger partial charge is 0.120 e. The molecule has 20 heavy (non-hydrogen) atoms. The number of benzene rings is 1. The first-order valence-corrected chi connectivity index (χ1v) is 7.78. The molecule has 1 aliphatic rings. The number of anilines is 1. The van der Waals surface area contributed by atoms with Gasteiger partial charge in [0, 0.05) is 49.9 Å². The molecule has 106 valence electrons. The molecule has 1 aliphatic heterocycles. The standard InChI is InChI=1S/C15H19N3OS/c1-19-15-4-2-3-14(9-15)18-7-5-17(6-8-18)10-13-11-20-12-16-13/h2-4,9,11-12H,5-8,10H2,1H3. The fraction of sp³-hybridized carbons (Fsp3) is 0.400. The van der Waals surface area contributed by atoms with Gasteiger partial charge in [0.2, 0.25) is 0 Å². The molecule has 0 N–H and O–H groups in total. The van der Waals surface area contributed by atoms with Crippen LogP contribution in [-0.2, 0) is 6.54 Å². The molecule has 0 atom stereocenters. The minimum atomic E-state index is 0.924. The molecule has 0 amide bonds. The molecule has 0 bridgehead atoms. The van der Waals surface area contributed by atoms with Crippen molar-refractivity contribution in [1.29, 1.82) is 0 Å². The summed E-state index contributed by atoms with van der Waals surface area (Å²) in [5.74, 6) is 0.924. The summed E-state index contributed by atoms with van der Waals surface area (Å²) in [4.78, 5) is 9.24. The molecule has 4 nitrogen and oxygen atoms in total. The number of aromatic nitrogens is 1. The molecule has 0 unspecified atom stereocenters. The van der Waals surface area contributed by atoms with E-state index in [4.69, 9.17) is 4.74 Å². The molecule has 0 radical (unpaired) electrons. The molecule has 1 aromatic carbocycles. The summed E-state index contributed by atoms with van der Waals surface area (Å²) < 4.78 is 5.29. The second-order valence-corrected chi connectivity index (χ2v) is 5.66. The van der Waals surface area contributed by atoms with Gasteiger partial charge < -0.3 is 9.64 Å². The van der Waals surface area contributed by atoms with Crippen LogP contribution in [0.5, 0.6) is 5.75 Å². The van der Waals surface area contributed by atoms with E-state index < -0.39 is 0 Å². The van der Waals surface area contributed by atoms with Crippen LogP contribution in [0.1, 0.15) is 5.69 Å². The van der Waals surface area contributed by atoms with Crippen molar-refractivity contribution in [2.75, 3.05) is 38.2 Å². The molecule has 1 saturated heterocycles. The van der Waals surface area contributed by atoms with Crippen molar-refractivity contribution in [3.63, 3.8) is 0 Å². The Kier molecular flexibility index (Phi) is 4.18. The summed E-state index contributed by atoms with van der Waals surface area (Å²) in [6.45, 7) is 5.23. The van der Waals surface area contributed by atoms with Crippen LogP contribution >= 0.6 is 11.3 Å². The number of methoxy groups -OCH3 is 1. The van der Waals surface area contributed by atoms with E-state index in [0.29, 0.717) is 0 Å². The maximum Gasteiger partial charge on any atom is 0.120 e. The molecular weight excluding hydrogens is 270 g/mol. The van der Waals surface area contributed by atoms with Crippen molar-refractivity contribution in [3.05, 3.63) is 40.8 Å². The number of nitrogens with zero attached hydrogens (tertiary/aromatic N) is 3. The molecule has 0 spiro atoms. The Morgan fingerprint density at radius 2 is 2.10 bits per heavy atom. The fourth-order valence-corrected chi connectivity index (χ4v) is 3.07. The van der Waals surface area contributed by atoms with E-state index in [2.05, 4.69) is 38.4 Å². The lowest BCUT2D eigenvalue weighted by atomic mass is 10.2. The molecule has 1 aromatic heterocycles. The normalized spacial score (nSPS) is 16.4. The average Bonchev–Trinajstić information content (AvgIpc) is 3.01. The van der Waals surface area contributed by atoms with Gasteiger partial charge in [-0.05, 0) is 12.1 Å². The molecule has 5 heteroatoms. The van der Waals surface area contributed by atoms with E-state index in [1.54, 1.807) is 18.4 Å². The predicted octanol–water partition coefficient (Wildman–Crippen LogP) is 2.47. The third-order valence-corrected chi connectivity index (χ3v) is 4.30. The lowest BCUT2D eigenvalue weighted by Crippen LogP contribution is -2.46. The average molecular weight is 289 g/mol. The Morgan fingerprint density at radius 3 is 2.80 bits per heavy atom. The second kappa shape index (κ2) is 6.24. The Labute approximate surface area is 123 Å². The second-order valence-electron chi connectivity index (χ2n) is 4.94. The highest BCUT2D eigenvalue weighted by atomic mass is 32.1. The van der Waals surface area contributed by atoms with Crippen molar-refractivity contribution in [3.8, 4) is 5.75 Å². The summed E-state index contributed by atoms with van der Waals surface area (Å²) in [7, 11) is 1.71. The molecule has 3 rings (SSSR count). The van der Waals surface area contributed by atoms with Gasteiger partial charge in [-0.2, -0.15) is 0 Å². The van der Waals surface area contributed by atoms with Crippen molar-refractivity contribution in [2.24, 2.45) is 0 Å². The van der Waals surface area contributed by atoms with Gasteiger partial charge in [-0.3, -0.25) is 4.90 Å². The number of thiazole rings is 1. The summed E-state index contributed by atoms with van der Waals surface area (Å²) in [6, 6.07) is 8.30. The van der Waals surface area contributed by atoms with Crippen LogP contribution in [0.15, 0.2) is 35.2 Å². The van der Waals surface area contributed by atoms with Crippen molar-refractivity contribution >= 4 is 17.0 Å². The Bertz CT molecular complexity index is 536. The van der Waals surface area contributed by atoms with Gasteiger partial charge >= 0.3 is 0 Å². The lowest BCUT2D eigenvalue weighted by molar-refractivity contribution is 0.247.